The zero-order chi connectivity index (χ0) is 21.2. The number of hydrogen-bond donors (Lipinski definition) is 1. The number of hydrogen-bond acceptors (Lipinski definition) is 6. The lowest BCUT2D eigenvalue weighted by atomic mass is 10.1. The van der Waals surface area contributed by atoms with Crippen LogP contribution in [0.25, 0.3) is 11.1 Å². The number of amides is 1. The fourth-order valence-corrected chi connectivity index (χ4v) is 5.11. The number of benzene rings is 2. The number of carbonyl (C=O) groups excluding carboxylic acids is 1. The molecule has 2 aromatic carbocycles. The molecule has 0 bridgehead atoms. The highest BCUT2D eigenvalue weighted by Gasteiger charge is 2.29. The predicted molar refractivity (Wildman–Crippen MR) is 121 cm³/mol. The monoisotopic (exact) mass is 435 g/mol. The van der Waals surface area contributed by atoms with Crippen molar-refractivity contribution >= 4 is 23.6 Å². The lowest BCUT2D eigenvalue weighted by molar-refractivity contribution is -0.119. The van der Waals surface area contributed by atoms with Gasteiger partial charge in [-0.1, -0.05) is 60.3 Å². The second-order valence-corrected chi connectivity index (χ2v) is 8.53. The van der Waals surface area contributed by atoms with Gasteiger partial charge in [-0.05, 0) is 29.2 Å². The van der Waals surface area contributed by atoms with Gasteiger partial charge in [0, 0.05) is 19.6 Å². The number of ether oxygens (including phenoxy) is 1. The van der Waals surface area contributed by atoms with E-state index in [9.17, 15) is 4.79 Å². The van der Waals surface area contributed by atoms with Gasteiger partial charge in [-0.15, -0.1) is 10.2 Å². The summed E-state index contributed by atoms with van der Waals surface area (Å²) in [5, 5.41) is 12.7. The maximum Gasteiger partial charge on any atom is 0.231 e. The lowest BCUT2D eigenvalue weighted by Crippen LogP contribution is -2.38. The zero-order valence-corrected chi connectivity index (χ0v) is 18.3. The van der Waals surface area contributed by atoms with Crippen LogP contribution in [0, 0.1) is 0 Å². The van der Waals surface area contributed by atoms with Gasteiger partial charge in [0.05, 0.1) is 25.0 Å². The van der Waals surface area contributed by atoms with Gasteiger partial charge in [-0.2, -0.15) is 0 Å². The van der Waals surface area contributed by atoms with E-state index in [1.54, 1.807) is 0 Å². The first kappa shape index (κ1) is 20.1. The van der Waals surface area contributed by atoms with Gasteiger partial charge < -0.3 is 15.0 Å². The molecule has 1 saturated heterocycles. The van der Waals surface area contributed by atoms with E-state index in [0.717, 1.165) is 41.9 Å². The van der Waals surface area contributed by atoms with Crippen molar-refractivity contribution in [3.63, 3.8) is 0 Å². The number of nitrogens with one attached hydrogen (secondary N) is 1. The van der Waals surface area contributed by atoms with Crippen molar-refractivity contribution in [3.05, 3.63) is 59.7 Å². The Morgan fingerprint density at radius 2 is 1.71 bits per heavy atom. The number of fused-ring (bicyclic) bond motifs is 3. The van der Waals surface area contributed by atoms with Crippen LogP contribution >= 0.6 is 11.8 Å². The van der Waals surface area contributed by atoms with Gasteiger partial charge in [0.1, 0.15) is 0 Å². The normalized spacial score (nSPS) is 15.6. The van der Waals surface area contributed by atoms with Gasteiger partial charge in [0.15, 0.2) is 5.16 Å². The van der Waals surface area contributed by atoms with Crippen molar-refractivity contribution in [2.45, 2.75) is 24.7 Å². The summed E-state index contributed by atoms with van der Waals surface area (Å²) in [4.78, 5) is 15.1. The summed E-state index contributed by atoms with van der Waals surface area (Å²) in [5.41, 5.74) is 4.68. The Morgan fingerprint density at radius 3 is 2.35 bits per heavy atom. The standard InChI is InChI=1S/C23H25N5O2S/c1-2-28-22(27-11-13-30-14-12-27)25-26-23(28)31-15-20(29)24-21-18-9-5-3-7-16(18)17-8-4-6-10-19(17)21/h3-10,21H,2,11-15H2,1H3,(H,24,29). The highest BCUT2D eigenvalue weighted by atomic mass is 32.2. The molecule has 0 spiro atoms. The van der Waals surface area contributed by atoms with E-state index >= 15 is 0 Å². The van der Waals surface area contributed by atoms with E-state index < -0.39 is 0 Å². The summed E-state index contributed by atoms with van der Waals surface area (Å²) in [7, 11) is 0. The minimum absolute atomic E-state index is 0.0138. The molecule has 8 heteroatoms. The molecule has 31 heavy (non-hydrogen) atoms. The molecule has 1 N–H and O–H groups in total. The largest absolute Gasteiger partial charge is 0.378 e. The molecule has 0 atom stereocenters. The fourth-order valence-electron chi connectivity index (χ4n) is 4.31. The smallest absolute Gasteiger partial charge is 0.231 e. The van der Waals surface area contributed by atoms with Crippen molar-refractivity contribution in [1.82, 2.24) is 20.1 Å². The summed E-state index contributed by atoms with van der Waals surface area (Å²) in [6, 6.07) is 16.4. The van der Waals surface area contributed by atoms with Gasteiger partial charge >= 0.3 is 0 Å². The van der Waals surface area contributed by atoms with Crippen LogP contribution in [-0.2, 0) is 16.1 Å². The Bertz CT molecular complexity index is 1050. The number of morpholine rings is 1. The summed E-state index contributed by atoms with van der Waals surface area (Å²) >= 11 is 1.43. The van der Waals surface area contributed by atoms with Crippen molar-refractivity contribution in [3.8, 4) is 11.1 Å². The Kier molecular flexibility index (Phi) is 5.65. The van der Waals surface area contributed by atoms with Crippen LogP contribution in [0.5, 0.6) is 0 Å². The van der Waals surface area contributed by atoms with Crippen molar-refractivity contribution < 1.29 is 9.53 Å². The lowest BCUT2D eigenvalue weighted by Gasteiger charge is -2.27. The molecular formula is C23H25N5O2S. The van der Waals surface area contributed by atoms with Gasteiger partial charge in [0.2, 0.25) is 11.9 Å². The van der Waals surface area contributed by atoms with Crippen LogP contribution in [0.4, 0.5) is 5.95 Å². The van der Waals surface area contributed by atoms with Crippen molar-refractivity contribution in [2.24, 2.45) is 0 Å². The van der Waals surface area contributed by atoms with E-state index in [1.165, 1.54) is 22.9 Å². The Labute approximate surface area is 185 Å². The van der Waals surface area contributed by atoms with Crippen molar-refractivity contribution in [2.75, 3.05) is 37.0 Å². The van der Waals surface area contributed by atoms with Gasteiger partial charge in [-0.3, -0.25) is 9.36 Å². The van der Waals surface area contributed by atoms with Crippen LogP contribution in [0.2, 0.25) is 0 Å². The van der Waals surface area contributed by atoms with Crippen LogP contribution in [0.15, 0.2) is 53.7 Å². The molecule has 1 aliphatic carbocycles. The van der Waals surface area contributed by atoms with E-state index in [0.29, 0.717) is 19.0 Å². The van der Waals surface area contributed by atoms with Crippen LogP contribution < -0.4 is 10.2 Å². The maximum absolute atomic E-state index is 12.9. The Morgan fingerprint density at radius 1 is 1.06 bits per heavy atom. The summed E-state index contributed by atoms with van der Waals surface area (Å²) in [5.74, 6) is 1.13. The molecule has 0 saturated carbocycles. The van der Waals surface area contributed by atoms with E-state index in [1.807, 2.05) is 24.3 Å². The predicted octanol–water partition coefficient (Wildman–Crippen LogP) is 3.11. The number of aromatic nitrogens is 3. The first-order valence-electron chi connectivity index (χ1n) is 10.6. The van der Waals surface area contributed by atoms with Crippen LogP contribution in [0.1, 0.15) is 24.1 Å². The molecule has 1 aliphatic heterocycles. The zero-order valence-electron chi connectivity index (χ0n) is 17.5. The first-order valence-corrected chi connectivity index (χ1v) is 11.6. The number of nitrogens with zero attached hydrogens (tertiary/aromatic N) is 4. The molecule has 160 valence electrons. The van der Waals surface area contributed by atoms with Crippen molar-refractivity contribution in [1.29, 1.82) is 0 Å². The third kappa shape index (κ3) is 3.81. The molecule has 2 heterocycles. The highest BCUT2D eigenvalue weighted by Crippen LogP contribution is 2.43. The topological polar surface area (TPSA) is 72.3 Å². The molecule has 0 radical (unpaired) electrons. The number of carbonyl (C=O) groups is 1. The second-order valence-electron chi connectivity index (χ2n) is 7.59. The molecule has 1 fully saturated rings. The molecule has 0 unspecified atom stereocenters. The quantitative estimate of drug-likeness (QED) is 0.600. The highest BCUT2D eigenvalue weighted by molar-refractivity contribution is 7.99. The SMILES string of the molecule is CCn1c(SCC(=O)NC2c3ccccc3-c3ccccc32)nnc1N1CCOCC1. The van der Waals surface area contributed by atoms with Gasteiger partial charge in [-0.25, -0.2) is 0 Å². The third-order valence-electron chi connectivity index (χ3n) is 5.78. The van der Waals surface area contributed by atoms with Gasteiger partial charge in [0.25, 0.3) is 0 Å². The summed E-state index contributed by atoms with van der Waals surface area (Å²) in [6.07, 6.45) is 0. The molecule has 3 aromatic rings. The number of thioether (sulfide) groups is 1. The average molecular weight is 436 g/mol. The Hall–Kier alpha value is -2.84. The maximum atomic E-state index is 12.9. The summed E-state index contributed by atoms with van der Waals surface area (Å²) in [6.45, 7) is 5.85. The molecular weight excluding hydrogens is 410 g/mol. The first-order chi connectivity index (χ1) is 15.3. The second kappa shape index (κ2) is 8.72. The molecule has 1 amide bonds. The third-order valence-corrected chi connectivity index (χ3v) is 6.75. The van der Waals surface area contributed by atoms with E-state index in [2.05, 4.69) is 56.2 Å². The molecule has 2 aliphatic rings. The van der Waals surface area contributed by atoms with Crippen LogP contribution in [-0.4, -0.2) is 52.7 Å². The Balaban J connectivity index is 1.28. The summed E-state index contributed by atoms with van der Waals surface area (Å²) < 4.78 is 7.51. The number of anilines is 1. The van der Waals surface area contributed by atoms with E-state index in [-0.39, 0.29) is 11.9 Å². The van der Waals surface area contributed by atoms with E-state index in [4.69, 9.17) is 4.74 Å². The fraction of sp³-hybridized carbons (Fsp3) is 0.348. The molecule has 5 rings (SSSR count). The minimum Gasteiger partial charge on any atom is -0.378 e. The average Bonchev–Trinajstić information content (AvgIpc) is 3.38. The molecule has 7 nitrogen and oxygen atoms in total. The minimum atomic E-state index is -0.117. The van der Waals surface area contributed by atoms with Crippen LogP contribution in [0.3, 0.4) is 0 Å². The number of rotatable bonds is 6. The molecule has 1 aromatic heterocycles.